The van der Waals surface area contributed by atoms with E-state index in [0.717, 1.165) is 44.3 Å². The molecule has 2 aliphatic rings. The van der Waals surface area contributed by atoms with Crippen molar-refractivity contribution in [3.8, 4) is 0 Å². The normalized spacial score (nSPS) is 24.7. The van der Waals surface area contributed by atoms with Crippen molar-refractivity contribution in [3.63, 3.8) is 0 Å². The highest BCUT2D eigenvalue weighted by Gasteiger charge is 2.32. The van der Waals surface area contributed by atoms with Crippen LogP contribution in [0.5, 0.6) is 0 Å². The topological polar surface area (TPSA) is 64.7 Å². The summed E-state index contributed by atoms with van der Waals surface area (Å²) < 4.78 is 0. The van der Waals surface area contributed by atoms with Gasteiger partial charge in [-0.25, -0.2) is 4.79 Å². The number of carbonyl (C=O) groups excluding carboxylic acids is 2. The first-order valence-corrected chi connectivity index (χ1v) is 10.6. The Morgan fingerprint density at radius 3 is 2.50 bits per heavy atom. The summed E-state index contributed by atoms with van der Waals surface area (Å²) in [4.78, 5) is 28.3. The van der Waals surface area contributed by atoms with Gasteiger partial charge in [-0.05, 0) is 56.2 Å². The molecule has 2 N–H and O–H groups in total. The number of nitrogens with one attached hydrogen (secondary N) is 2. The zero-order chi connectivity index (χ0) is 20.1. The number of nitrogens with zero attached hydrogens (tertiary/aromatic N) is 2. The monoisotopic (exact) mass is 406 g/mol. The molecule has 1 aromatic rings. The lowest BCUT2D eigenvalue weighted by atomic mass is 9.81. The fourth-order valence-electron chi connectivity index (χ4n) is 4.19. The van der Waals surface area contributed by atoms with Crippen LogP contribution in [0, 0.1) is 5.92 Å². The second-order valence-corrected chi connectivity index (χ2v) is 8.53. The lowest BCUT2D eigenvalue weighted by Crippen LogP contribution is -2.54. The molecule has 28 heavy (non-hydrogen) atoms. The van der Waals surface area contributed by atoms with Gasteiger partial charge in [0.1, 0.15) is 0 Å². The smallest absolute Gasteiger partial charge is 0.315 e. The number of benzene rings is 1. The molecule has 1 atom stereocenters. The molecule has 1 heterocycles. The van der Waals surface area contributed by atoms with Gasteiger partial charge < -0.3 is 15.5 Å². The third kappa shape index (κ3) is 5.61. The zero-order valence-corrected chi connectivity index (χ0v) is 17.5. The second kappa shape index (κ2) is 9.61. The van der Waals surface area contributed by atoms with Gasteiger partial charge in [0.05, 0.1) is 6.54 Å². The number of hydrogen-bond donors (Lipinski definition) is 2. The third-order valence-electron chi connectivity index (χ3n) is 6.22. The van der Waals surface area contributed by atoms with Crippen molar-refractivity contribution in [3.05, 3.63) is 34.9 Å². The molecule has 1 saturated heterocycles. The van der Waals surface area contributed by atoms with Gasteiger partial charge in [0.15, 0.2) is 0 Å². The lowest BCUT2D eigenvalue weighted by molar-refractivity contribution is -0.135. The van der Waals surface area contributed by atoms with Crippen LogP contribution in [0.15, 0.2) is 24.3 Å². The highest BCUT2D eigenvalue weighted by atomic mass is 35.5. The summed E-state index contributed by atoms with van der Waals surface area (Å²) in [5, 5.41) is 6.71. The number of piperazine rings is 1. The quantitative estimate of drug-likeness (QED) is 0.790. The van der Waals surface area contributed by atoms with Crippen molar-refractivity contribution >= 4 is 23.5 Å². The average Bonchev–Trinajstić information content (AvgIpc) is 2.70. The SMILES string of the molecule is CC(C1CCC(NC(=O)NCc2ccc(Cl)cc2)CC1)N1CCN(C)C(=O)C1. The van der Waals surface area contributed by atoms with Crippen molar-refractivity contribution in [1.29, 1.82) is 0 Å². The minimum absolute atomic E-state index is 0.115. The van der Waals surface area contributed by atoms with Crippen molar-refractivity contribution in [2.45, 2.75) is 51.2 Å². The molecule has 1 unspecified atom stereocenters. The molecule has 0 radical (unpaired) electrons. The van der Waals surface area contributed by atoms with Crippen molar-refractivity contribution in [2.75, 3.05) is 26.7 Å². The van der Waals surface area contributed by atoms with Crippen LogP contribution in [0.25, 0.3) is 0 Å². The van der Waals surface area contributed by atoms with Gasteiger partial charge in [0.2, 0.25) is 5.91 Å². The fraction of sp³-hybridized carbons (Fsp3) is 0.619. The number of halogens is 1. The Bertz CT molecular complexity index is 673. The Morgan fingerprint density at radius 1 is 1.18 bits per heavy atom. The van der Waals surface area contributed by atoms with E-state index >= 15 is 0 Å². The van der Waals surface area contributed by atoms with Gasteiger partial charge in [-0.1, -0.05) is 23.7 Å². The van der Waals surface area contributed by atoms with Gasteiger partial charge in [-0.15, -0.1) is 0 Å². The molecule has 154 valence electrons. The summed E-state index contributed by atoms with van der Waals surface area (Å²) in [6, 6.07) is 8.01. The number of amides is 3. The predicted molar refractivity (Wildman–Crippen MR) is 111 cm³/mol. The Labute approximate surface area is 172 Å². The summed E-state index contributed by atoms with van der Waals surface area (Å²) in [5.74, 6) is 0.803. The number of rotatable bonds is 5. The van der Waals surface area contributed by atoms with E-state index in [0.29, 0.717) is 30.1 Å². The number of likely N-dealkylation sites (N-methyl/N-ethyl adjacent to an activating group) is 1. The van der Waals surface area contributed by atoms with Crippen LogP contribution in [0.4, 0.5) is 4.79 Å². The fourth-order valence-corrected chi connectivity index (χ4v) is 4.32. The molecule has 2 fully saturated rings. The first-order valence-electron chi connectivity index (χ1n) is 10.2. The number of hydrogen-bond acceptors (Lipinski definition) is 3. The Kier molecular flexibility index (Phi) is 7.18. The molecule has 7 heteroatoms. The van der Waals surface area contributed by atoms with Crippen LogP contribution in [0.2, 0.25) is 5.02 Å². The minimum atomic E-state index is -0.115. The van der Waals surface area contributed by atoms with Gasteiger partial charge in [-0.2, -0.15) is 0 Å². The Morgan fingerprint density at radius 2 is 1.86 bits per heavy atom. The molecule has 1 aliphatic carbocycles. The first-order chi connectivity index (χ1) is 13.4. The molecule has 1 aliphatic heterocycles. The summed E-state index contributed by atoms with van der Waals surface area (Å²) in [5.41, 5.74) is 1.03. The van der Waals surface area contributed by atoms with E-state index in [9.17, 15) is 9.59 Å². The molecular weight excluding hydrogens is 376 g/mol. The van der Waals surface area contributed by atoms with Gasteiger partial charge in [0.25, 0.3) is 0 Å². The maximum absolute atomic E-state index is 12.2. The van der Waals surface area contributed by atoms with E-state index in [2.05, 4.69) is 22.5 Å². The third-order valence-corrected chi connectivity index (χ3v) is 6.47. The van der Waals surface area contributed by atoms with Gasteiger partial charge in [0, 0.05) is 43.8 Å². The Balaban J connectivity index is 1.38. The van der Waals surface area contributed by atoms with E-state index in [1.165, 1.54) is 0 Å². The highest BCUT2D eigenvalue weighted by Crippen LogP contribution is 2.29. The maximum Gasteiger partial charge on any atom is 0.315 e. The summed E-state index contributed by atoms with van der Waals surface area (Å²) in [6.07, 6.45) is 4.16. The van der Waals surface area contributed by atoms with E-state index in [-0.39, 0.29) is 18.0 Å². The van der Waals surface area contributed by atoms with Crippen LogP contribution >= 0.6 is 11.6 Å². The molecule has 3 amide bonds. The molecule has 1 aromatic carbocycles. The van der Waals surface area contributed by atoms with Crippen molar-refractivity contribution < 1.29 is 9.59 Å². The van der Waals surface area contributed by atoms with Gasteiger partial charge >= 0.3 is 6.03 Å². The molecular formula is C21H31ClN4O2. The van der Waals surface area contributed by atoms with Crippen molar-refractivity contribution in [2.24, 2.45) is 5.92 Å². The van der Waals surface area contributed by atoms with Crippen LogP contribution in [-0.2, 0) is 11.3 Å². The Hall–Kier alpha value is -1.79. The molecule has 0 spiro atoms. The lowest BCUT2D eigenvalue weighted by Gasteiger charge is -2.41. The molecule has 6 nitrogen and oxygen atoms in total. The molecule has 0 bridgehead atoms. The van der Waals surface area contributed by atoms with Crippen LogP contribution in [0.1, 0.15) is 38.2 Å². The summed E-state index contributed by atoms with van der Waals surface area (Å²) in [7, 11) is 1.87. The average molecular weight is 407 g/mol. The van der Waals surface area contributed by atoms with E-state index < -0.39 is 0 Å². The standard InChI is InChI=1S/C21H31ClN4O2/c1-15(26-12-11-25(2)20(27)14-26)17-5-9-19(10-6-17)24-21(28)23-13-16-3-7-18(22)8-4-16/h3-4,7-8,15,17,19H,5-6,9-14H2,1-2H3,(H2,23,24,28). The van der Waals surface area contributed by atoms with Crippen molar-refractivity contribution in [1.82, 2.24) is 20.4 Å². The summed E-state index contributed by atoms with van der Waals surface area (Å²) in [6.45, 7) is 5.04. The molecule has 0 aromatic heterocycles. The van der Waals surface area contributed by atoms with E-state index in [1.54, 1.807) is 0 Å². The summed E-state index contributed by atoms with van der Waals surface area (Å²) >= 11 is 5.88. The van der Waals surface area contributed by atoms with Crippen LogP contribution < -0.4 is 10.6 Å². The van der Waals surface area contributed by atoms with E-state index in [4.69, 9.17) is 11.6 Å². The maximum atomic E-state index is 12.2. The number of urea groups is 1. The predicted octanol–water partition coefficient (Wildman–Crippen LogP) is 2.86. The zero-order valence-electron chi connectivity index (χ0n) is 16.8. The molecule has 1 saturated carbocycles. The first kappa shape index (κ1) is 20.9. The van der Waals surface area contributed by atoms with Gasteiger partial charge in [-0.3, -0.25) is 9.69 Å². The molecule has 3 rings (SSSR count). The largest absolute Gasteiger partial charge is 0.343 e. The minimum Gasteiger partial charge on any atom is -0.343 e. The second-order valence-electron chi connectivity index (χ2n) is 8.09. The van der Waals surface area contributed by atoms with Crippen LogP contribution in [-0.4, -0.2) is 60.5 Å². The number of carbonyl (C=O) groups is 2. The van der Waals surface area contributed by atoms with Crippen LogP contribution in [0.3, 0.4) is 0 Å². The van der Waals surface area contributed by atoms with E-state index in [1.807, 2.05) is 36.2 Å². The highest BCUT2D eigenvalue weighted by molar-refractivity contribution is 6.30.